The predicted octanol–water partition coefficient (Wildman–Crippen LogP) is 3.72. The number of nitrogens with one attached hydrogen (secondary N) is 2. The second-order valence-electron chi connectivity index (χ2n) is 7.17. The fraction of sp³-hybridized carbons (Fsp3) is 0.182. The van der Waals surface area contributed by atoms with Crippen LogP contribution < -0.4 is 5.32 Å². The fourth-order valence-electron chi connectivity index (χ4n) is 3.21. The summed E-state index contributed by atoms with van der Waals surface area (Å²) < 4.78 is 13.5. The maximum Gasteiger partial charge on any atom is 0.226 e. The maximum absolute atomic E-state index is 13.5. The van der Waals surface area contributed by atoms with Gasteiger partial charge < -0.3 is 15.2 Å². The van der Waals surface area contributed by atoms with Crippen LogP contribution in [0.15, 0.2) is 55.0 Å². The highest BCUT2D eigenvalue weighted by molar-refractivity contribution is 6.00. The zero-order chi connectivity index (χ0) is 21.1. The van der Waals surface area contributed by atoms with Crippen LogP contribution in [0, 0.1) is 5.82 Å². The number of nitrogens with zero attached hydrogens (tertiary/aromatic N) is 4. The first-order valence-electron chi connectivity index (χ1n) is 9.51. The van der Waals surface area contributed by atoms with Gasteiger partial charge in [-0.05, 0) is 43.9 Å². The fourth-order valence-corrected chi connectivity index (χ4v) is 3.21. The van der Waals surface area contributed by atoms with E-state index in [2.05, 4.69) is 25.3 Å². The molecule has 7 nitrogen and oxygen atoms in total. The Morgan fingerprint density at radius 3 is 2.57 bits per heavy atom. The molecular formula is C22H21FN6O. The summed E-state index contributed by atoms with van der Waals surface area (Å²) in [5, 5.41) is 2.84. The molecular weight excluding hydrogens is 383 g/mol. The summed E-state index contributed by atoms with van der Waals surface area (Å²) >= 11 is 0. The molecule has 0 atom stereocenters. The van der Waals surface area contributed by atoms with Gasteiger partial charge in [0, 0.05) is 42.7 Å². The molecule has 30 heavy (non-hydrogen) atoms. The quantitative estimate of drug-likeness (QED) is 0.512. The Balaban J connectivity index is 1.74. The standard InChI is InChI=1S/C22H21FN6O/c1-29(2)12-8-18(30)27-17-13-15(7-9-24-17)20-19(14-3-5-16(23)6-4-14)21-22(28-20)26-11-10-25-21/h3-7,9-11,13H,8,12H2,1-2H3,(H,26,28)(H,24,27,30). The van der Waals surface area contributed by atoms with Crippen molar-refractivity contribution < 1.29 is 9.18 Å². The summed E-state index contributed by atoms with van der Waals surface area (Å²) in [7, 11) is 3.84. The van der Waals surface area contributed by atoms with Gasteiger partial charge in [0.25, 0.3) is 0 Å². The van der Waals surface area contributed by atoms with Gasteiger partial charge in [0.15, 0.2) is 5.65 Å². The largest absolute Gasteiger partial charge is 0.337 e. The smallest absolute Gasteiger partial charge is 0.226 e. The van der Waals surface area contributed by atoms with Gasteiger partial charge in [-0.1, -0.05) is 12.1 Å². The van der Waals surface area contributed by atoms with Crippen molar-refractivity contribution in [3.05, 3.63) is 60.8 Å². The van der Waals surface area contributed by atoms with Crippen LogP contribution in [0.25, 0.3) is 33.5 Å². The summed E-state index contributed by atoms with van der Waals surface area (Å²) in [6, 6.07) is 9.88. The number of fused-ring (bicyclic) bond motifs is 1. The summed E-state index contributed by atoms with van der Waals surface area (Å²) in [5.41, 5.74) is 4.52. The Morgan fingerprint density at radius 2 is 1.80 bits per heavy atom. The highest BCUT2D eigenvalue weighted by atomic mass is 19.1. The van der Waals surface area contributed by atoms with E-state index in [0.29, 0.717) is 29.9 Å². The van der Waals surface area contributed by atoms with Crippen molar-refractivity contribution in [3.8, 4) is 22.4 Å². The van der Waals surface area contributed by atoms with E-state index in [1.807, 2.05) is 25.1 Å². The second-order valence-corrected chi connectivity index (χ2v) is 7.17. The lowest BCUT2D eigenvalue weighted by Gasteiger charge is -2.10. The lowest BCUT2D eigenvalue weighted by molar-refractivity contribution is -0.116. The molecule has 4 aromatic rings. The van der Waals surface area contributed by atoms with Crippen LogP contribution in [0.5, 0.6) is 0 Å². The molecule has 0 aliphatic heterocycles. The number of pyridine rings is 1. The molecule has 2 N–H and O–H groups in total. The van der Waals surface area contributed by atoms with Gasteiger partial charge in [-0.15, -0.1) is 0 Å². The third-order valence-corrected chi connectivity index (χ3v) is 4.66. The molecule has 0 spiro atoms. The number of carbonyl (C=O) groups is 1. The molecule has 4 rings (SSSR count). The monoisotopic (exact) mass is 404 g/mol. The molecule has 0 radical (unpaired) electrons. The van der Waals surface area contributed by atoms with Crippen LogP contribution in [0.1, 0.15) is 6.42 Å². The summed E-state index contributed by atoms with van der Waals surface area (Å²) in [4.78, 5) is 30.5. The van der Waals surface area contributed by atoms with Crippen LogP contribution in [0.4, 0.5) is 10.2 Å². The van der Waals surface area contributed by atoms with Crippen molar-refractivity contribution in [2.24, 2.45) is 0 Å². The molecule has 3 aromatic heterocycles. The average molecular weight is 404 g/mol. The number of hydrogen-bond acceptors (Lipinski definition) is 5. The molecule has 0 unspecified atom stereocenters. The zero-order valence-corrected chi connectivity index (χ0v) is 16.7. The zero-order valence-electron chi connectivity index (χ0n) is 16.7. The van der Waals surface area contributed by atoms with Crippen LogP contribution in [0.2, 0.25) is 0 Å². The van der Waals surface area contributed by atoms with Crippen LogP contribution in [0.3, 0.4) is 0 Å². The molecule has 0 fully saturated rings. The predicted molar refractivity (Wildman–Crippen MR) is 114 cm³/mol. The van der Waals surface area contributed by atoms with Crippen molar-refractivity contribution in [3.63, 3.8) is 0 Å². The SMILES string of the molecule is CN(C)CCC(=O)Nc1cc(-c2[nH]c3nccnc3c2-c2ccc(F)cc2)ccn1. The Bertz CT molecular complexity index is 1190. The van der Waals surface area contributed by atoms with Crippen LogP contribution in [-0.2, 0) is 4.79 Å². The lowest BCUT2D eigenvalue weighted by atomic mass is 10.0. The molecule has 1 amide bonds. The normalized spacial score (nSPS) is 11.2. The number of anilines is 1. The number of amides is 1. The van der Waals surface area contributed by atoms with Gasteiger partial charge in [-0.25, -0.2) is 14.4 Å². The Labute approximate surface area is 173 Å². The number of H-pyrrole nitrogens is 1. The van der Waals surface area contributed by atoms with Crippen molar-refractivity contribution >= 4 is 22.9 Å². The molecule has 1 aromatic carbocycles. The molecule has 0 aliphatic rings. The van der Waals surface area contributed by atoms with Crippen molar-refractivity contribution in [1.29, 1.82) is 0 Å². The minimum absolute atomic E-state index is 0.105. The molecule has 0 aliphatic carbocycles. The number of carbonyl (C=O) groups excluding carboxylic acids is 1. The summed E-state index contributed by atoms with van der Waals surface area (Å²) in [6.45, 7) is 0.652. The van der Waals surface area contributed by atoms with E-state index in [1.54, 1.807) is 36.8 Å². The summed E-state index contributed by atoms with van der Waals surface area (Å²) in [6.07, 6.45) is 5.24. The van der Waals surface area contributed by atoms with E-state index in [9.17, 15) is 9.18 Å². The number of aromatic nitrogens is 4. The van der Waals surface area contributed by atoms with Crippen molar-refractivity contribution in [2.75, 3.05) is 26.0 Å². The van der Waals surface area contributed by atoms with Crippen LogP contribution >= 0.6 is 0 Å². The van der Waals surface area contributed by atoms with Gasteiger partial charge in [-0.3, -0.25) is 9.78 Å². The molecule has 3 heterocycles. The topological polar surface area (TPSA) is 86.8 Å². The highest BCUT2D eigenvalue weighted by Crippen LogP contribution is 2.37. The van der Waals surface area contributed by atoms with E-state index in [1.165, 1.54) is 12.1 Å². The van der Waals surface area contributed by atoms with E-state index < -0.39 is 0 Å². The number of benzene rings is 1. The van der Waals surface area contributed by atoms with Crippen molar-refractivity contribution in [1.82, 2.24) is 24.8 Å². The Hall–Kier alpha value is -3.65. The minimum atomic E-state index is -0.308. The van der Waals surface area contributed by atoms with Gasteiger partial charge in [-0.2, -0.15) is 0 Å². The minimum Gasteiger partial charge on any atom is -0.337 e. The van der Waals surface area contributed by atoms with E-state index >= 15 is 0 Å². The first kappa shape index (κ1) is 19.7. The van der Waals surface area contributed by atoms with Gasteiger partial charge in [0.2, 0.25) is 5.91 Å². The van der Waals surface area contributed by atoms with Gasteiger partial charge in [0.1, 0.15) is 17.2 Å². The first-order valence-corrected chi connectivity index (χ1v) is 9.51. The number of hydrogen-bond donors (Lipinski definition) is 2. The molecule has 0 saturated carbocycles. The third-order valence-electron chi connectivity index (χ3n) is 4.66. The number of rotatable bonds is 6. The number of aromatic amines is 1. The average Bonchev–Trinajstić information content (AvgIpc) is 3.13. The Morgan fingerprint density at radius 1 is 1.03 bits per heavy atom. The van der Waals surface area contributed by atoms with Crippen molar-refractivity contribution in [2.45, 2.75) is 6.42 Å². The van der Waals surface area contributed by atoms with Crippen LogP contribution in [-0.4, -0.2) is 51.4 Å². The molecule has 8 heteroatoms. The maximum atomic E-state index is 13.5. The summed E-state index contributed by atoms with van der Waals surface area (Å²) in [5.74, 6) is 0.0471. The first-order chi connectivity index (χ1) is 14.5. The van der Waals surface area contributed by atoms with Gasteiger partial charge >= 0.3 is 0 Å². The third kappa shape index (κ3) is 4.18. The van der Waals surface area contributed by atoms with E-state index in [4.69, 9.17) is 0 Å². The highest BCUT2D eigenvalue weighted by Gasteiger charge is 2.17. The van der Waals surface area contributed by atoms with Gasteiger partial charge in [0.05, 0.1) is 5.69 Å². The molecule has 152 valence electrons. The molecule has 0 saturated heterocycles. The van der Waals surface area contributed by atoms with E-state index in [0.717, 1.165) is 22.4 Å². The Kier molecular flexibility index (Phi) is 5.49. The number of halogens is 1. The second kappa shape index (κ2) is 8.38. The lowest BCUT2D eigenvalue weighted by Crippen LogP contribution is -2.21. The van der Waals surface area contributed by atoms with E-state index in [-0.39, 0.29) is 11.7 Å². The molecule has 0 bridgehead atoms.